The van der Waals surface area contributed by atoms with Gasteiger partial charge >= 0.3 is 0 Å². The third-order valence-electron chi connectivity index (χ3n) is 6.83. The van der Waals surface area contributed by atoms with Gasteiger partial charge in [0.1, 0.15) is 5.75 Å². The van der Waals surface area contributed by atoms with Gasteiger partial charge in [-0.3, -0.25) is 0 Å². The second-order valence-electron chi connectivity index (χ2n) is 8.86. The molecule has 0 bridgehead atoms. The van der Waals surface area contributed by atoms with Gasteiger partial charge in [-0.1, -0.05) is 78.9 Å². The molecule has 0 N–H and O–H groups in total. The molecule has 170 valence electrons. The van der Waals surface area contributed by atoms with Gasteiger partial charge in [0.25, 0.3) is 0 Å². The first-order chi connectivity index (χ1) is 17.3. The molecule has 0 saturated heterocycles. The molecule has 2 nitrogen and oxygen atoms in total. The SMILES string of the molecule is COc1ccc(N(c2ccccc2)c2ccc3ccccc3c2-c2cccc3c2CCC=C3)cc1. The minimum absolute atomic E-state index is 0.851. The Hall–Kier alpha value is -4.30. The van der Waals surface area contributed by atoms with Crippen LogP contribution >= 0.6 is 0 Å². The monoisotopic (exact) mass is 453 g/mol. The largest absolute Gasteiger partial charge is 0.497 e. The van der Waals surface area contributed by atoms with Crippen LogP contribution in [0, 0.1) is 0 Å². The van der Waals surface area contributed by atoms with Crippen LogP contribution in [0.25, 0.3) is 28.0 Å². The molecule has 0 radical (unpaired) electrons. The lowest BCUT2D eigenvalue weighted by atomic mass is 9.86. The molecular weight excluding hydrogens is 426 g/mol. The van der Waals surface area contributed by atoms with Crippen molar-refractivity contribution in [1.82, 2.24) is 0 Å². The Bertz CT molecular complexity index is 1520. The summed E-state index contributed by atoms with van der Waals surface area (Å²) in [7, 11) is 1.71. The molecule has 0 spiro atoms. The number of hydrogen-bond donors (Lipinski definition) is 0. The number of ether oxygens (including phenoxy) is 1. The van der Waals surface area contributed by atoms with Crippen LogP contribution in [0.15, 0.2) is 115 Å². The minimum atomic E-state index is 0.851. The molecule has 1 aliphatic rings. The zero-order chi connectivity index (χ0) is 23.6. The summed E-state index contributed by atoms with van der Waals surface area (Å²) >= 11 is 0. The van der Waals surface area contributed by atoms with E-state index in [0.717, 1.165) is 30.0 Å². The second-order valence-corrected chi connectivity index (χ2v) is 8.86. The lowest BCUT2D eigenvalue weighted by molar-refractivity contribution is 0.415. The standard InChI is InChI=1S/C33H27NO/c1-35-28-21-19-27(20-22-28)34(26-13-3-2-4-14-26)32-23-18-25-11-6-8-16-30(25)33(32)31-17-9-12-24-10-5-7-15-29(24)31/h2-6,8-14,16-23H,7,15H2,1H3. The average molecular weight is 454 g/mol. The van der Waals surface area contributed by atoms with E-state index in [1.807, 2.05) is 12.1 Å². The number of para-hydroxylation sites is 1. The van der Waals surface area contributed by atoms with Gasteiger partial charge in [0.05, 0.1) is 12.8 Å². The van der Waals surface area contributed by atoms with E-state index in [1.165, 1.54) is 38.7 Å². The van der Waals surface area contributed by atoms with Crippen molar-refractivity contribution >= 4 is 33.9 Å². The molecule has 0 saturated carbocycles. The van der Waals surface area contributed by atoms with Crippen molar-refractivity contribution in [2.75, 3.05) is 12.0 Å². The van der Waals surface area contributed by atoms with Crippen LogP contribution in [0.3, 0.4) is 0 Å². The highest BCUT2D eigenvalue weighted by Crippen LogP contribution is 2.46. The number of nitrogens with zero attached hydrogens (tertiary/aromatic N) is 1. The van der Waals surface area contributed by atoms with Gasteiger partial charge in [-0.2, -0.15) is 0 Å². The van der Waals surface area contributed by atoms with E-state index in [1.54, 1.807) is 7.11 Å². The van der Waals surface area contributed by atoms with E-state index >= 15 is 0 Å². The van der Waals surface area contributed by atoms with Gasteiger partial charge in [0.15, 0.2) is 0 Å². The van der Waals surface area contributed by atoms with Crippen molar-refractivity contribution in [3.8, 4) is 16.9 Å². The van der Waals surface area contributed by atoms with E-state index in [4.69, 9.17) is 4.74 Å². The number of hydrogen-bond acceptors (Lipinski definition) is 2. The van der Waals surface area contributed by atoms with Gasteiger partial charge < -0.3 is 9.64 Å². The normalized spacial score (nSPS) is 12.4. The smallest absolute Gasteiger partial charge is 0.119 e. The lowest BCUT2D eigenvalue weighted by Crippen LogP contribution is -2.12. The summed E-state index contributed by atoms with van der Waals surface area (Å²) in [4.78, 5) is 2.36. The van der Waals surface area contributed by atoms with Crippen LogP contribution in [0.4, 0.5) is 17.1 Å². The van der Waals surface area contributed by atoms with Gasteiger partial charge in [-0.05, 0) is 82.8 Å². The van der Waals surface area contributed by atoms with Crippen molar-refractivity contribution < 1.29 is 4.74 Å². The maximum Gasteiger partial charge on any atom is 0.119 e. The maximum absolute atomic E-state index is 5.45. The number of benzene rings is 5. The Kier molecular flexibility index (Phi) is 5.56. The molecule has 0 aromatic heterocycles. The van der Waals surface area contributed by atoms with Crippen molar-refractivity contribution in [1.29, 1.82) is 0 Å². The summed E-state index contributed by atoms with van der Waals surface area (Å²) in [5.41, 5.74) is 8.72. The highest BCUT2D eigenvalue weighted by atomic mass is 16.5. The van der Waals surface area contributed by atoms with Crippen molar-refractivity contribution in [2.45, 2.75) is 12.8 Å². The van der Waals surface area contributed by atoms with E-state index in [9.17, 15) is 0 Å². The van der Waals surface area contributed by atoms with Gasteiger partial charge in [0, 0.05) is 16.9 Å². The van der Waals surface area contributed by atoms with E-state index < -0.39 is 0 Å². The van der Waals surface area contributed by atoms with E-state index in [2.05, 4.69) is 114 Å². The number of rotatable bonds is 5. The number of allylic oxidation sites excluding steroid dienone is 1. The molecule has 0 unspecified atom stereocenters. The van der Waals surface area contributed by atoms with Crippen LogP contribution in [0.1, 0.15) is 17.5 Å². The molecule has 5 aromatic carbocycles. The Morgan fingerprint density at radius 3 is 2.29 bits per heavy atom. The molecule has 35 heavy (non-hydrogen) atoms. The first kappa shape index (κ1) is 21.2. The number of fused-ring (bicyclic) bond motifs is 2. The highest BCUT2D eigenvalue weighted by Gasteiger charge is 2.22. The van der Waals surface area contributed by atoms with Crippen LogP contribution in [0.2, 0.25) is 0 Å². The Morgan fingerprint density at radius 1 is 0.686 bits per heavy atom. The van der Waals surface area contributed by atoms with Crippen LogP contribution in [0.5, 0.6) is 5.75 Å². The predicted molar refractivity (Wildman–Crippen MR) is 148 cm³/mol. The zero-order valence-corrected chi connectivity index (χ0v) is 19.8. The van der Waals surface area contributed by atoms with Gasteiger partial charge in [-0.25, -0.2) is 0 Å². The maximum atomic E-state index is 5.45. The molecule has 0 atom stereocenters. The third-order valence-corrected chi connectivity index (χ3v) is 6.83. The summed E-state index contributed by atoms with van der Waals surface area (Å²) in [5, 5.41) is 2.51. The van der Waals surface area contributed by atoms with Crippen molar-refractivity contribution in [2.24, 2.45) is 0 Å². The van der Waals surface area contributed by atoms with Crippen LogP contribution < -0.4 is 9.64 Å². The first-order valence-corrected chi connectivity index (χ1v) is 12.1. The Balaban J connectivity index is 1.67. The Morgan fingerprint density at radius 2 is 1.46 bits per heavy atom. The summed E-state index contributed by atoms with van der Waals surface area (Å²) in [6.07, 6.45) is 6.68. The Labute approximate surface area is 206 Å². The van der Waals surface area contributed by atoms with Gasteiger partial charge in [0.2, 0.25) is 0 Å². The molecule has 2 heteroatoms. The topological polar surface area (TPSA) is 12.5 Å². The number of anilines is 3. The second kappa shape index (κ2) is 9.15. The molecule has 1 aliphatic carbocycles. The molecule has 0 fully saturated rings. The number of methoxy groups -OCH3 is 1. The third kappa shape index (κ3) is 3.87. The fourth-order valence-corrected chi connectivity index (χ4v) is 5.18. The summed E-state index contributed by atoms with van der Waals surface area (Å²) < 4.78 is 5.45. The van der Waals surface area contributed by atoms with E-state index in [0.29, 0.717) is 0 Å². The summed E-state index contributed by atoms with van der Waals surface area (Å²) in [6.45, 7) is 0. The highest BCUT2D eigenvalue weighted by molar-refractivity contribution is 6.06. The molecule has 0 aliphatic heterocycles. The van der Waals surface area contributed by atoms with Crippen LogP contribution in [-0.4, -0.2) is 7.11 Å². The first-order valence-electron chi connectivity index (χ1n) is 12.1. The van der Waals surface area contributed by atoms with Crippen molar-refractivity contribution in [3.05, 3.63) is 126 Å². The fourth-order valence-electron chi connectivity index (χ4n) is 5.18. The van der Waals surface area contributed by atoms with Crippen LogP contribution in [-0.2, 0) is 6.42 Å². The molecule has 0 heterocycles. The molecular formula is C33H27NO. The summed E-state index contributed by atoms with van der Waals surface area (Å²) in [5.74, 6) is 0.851. The minimum Gasteiger partial charge on any atom is -0.497 e. The molecule has 6 rings (SSSR count). The predicted octanol–water partition coefficient (Wildman–Crippen LogP) is 8.94. The van der Waals surface area contributed by atoms with Crippen molar-refractivity contribution in [3.63, 3.8) is 0 Å². The molecule has 5 aromatic rings. The fraction of sp³-hybridized carbons (Fsp3) is 0.0909. The van der Waals surface area contributed by atoms with Gasteiger partial charge in [-0.15, -0.1) is 0 Å². The quantitative estimate of drug-likeness (QED) is 0.263. The average Bonchev–Trinajstić information content (AvgIpc) is 2.94. The van der Waals surface area contributed by atoms with E-state index in [-0.39, 0.29) is 0 Å². The summed E-state index contributed by atoms with van der Waals surface area (Å²) in [6, 6.07) is 38.9. The lowest BCUT2D eigenvalue weighted by Gasteiger charge is -2.30. The zero-order valence-electron chi connectivity index (χ0n) is 19.8. The molecule has 0 amide bonds.